The topological polar surface area (TPSA) is 58.5 Å². The molecule has 0 unspecified atom stereocenters. The minimum absolute atomic E-state index is 0.701. The summed E-state index contributed by atoms with van der Waals surface area (Å²) in [6.07, 6.45) is 5.51. The van der Waals surface area contributed by atoms with Crippen molar-refractivity contribution in [1.29, 1.82) is 0 Å². The van der Waals surface area contributed by atoms with E-state index in [4.69, 9.17) is 0 Å². The Bertz CT molecular complexity index is 1220. The van der Waals surface area contributed by atoms with Crippen LogP contribution in [0.4, 0.5) is 5.69 Å². The third-order valence-corrected chi connectivity index (χ3v) is 4.88. The summed E-state index contributed by atoms with van der Waals surface area (Å²) >= 11 is 0. The van der Waals surface area contributed by atoms with Gasteiger partial charge in [0.2, 0.25) is 0 Å². The van der Waals surface area contributed by atoms with Gasteiger partial charge >= 0.3 is 0 Å². The smallest absolute Gasteiger partial charge is 0.100 e. The van der Waals surface area contributed by atoms with Crippen LogP contribution in [0.3, 0.4) is 0 Å². The number of nitrogens with one attached hydrogen (secondary N) is 2. The predicted molar refractivity (Wildman–Crippen MR) is 112 cm³/mol. The van der Waals surface area contributed by atoms with E-state index in [0.717, 1.165) is 33.7 Å². The number of hydrogen-bond acceptors (Lipinski definition) is 3. The maximum atomic E-state index is 4.53. The van der Waals surface area contributed by atoms with Crippen molar-refractivity contribution in [2.24, 2.45) is 0 Å². The van der Waals surface area contributed by atoms with Crippen molar-refractivity contribution < 1.29 is 0 Å². The second-order valence-corrected chi connectivity index (χ2v) is 6.59. The van der Waals surface area contributed by atoms with Crippen LogP contribution in [0.15, 0.2) is 91.6 Å². The van der Waals surface area contributed by atoms with Crippen molar-refractivity contribution >= 4 is 16.7 Å². The molecule has 0 aliphatic rings. The zero-order valence-corrected chi connectivity index (χ0v) is 15.2. The molecule has 5 heteroatoms. The van der Waals surface area contributed by atoms with Crippen LogP contribution >= 0.6 is 0 Å². The Labute approximate surface area is 162 Å². The lowest BCUT2D eigenvalue weighted by atomic mass is 10.0. The molecule has 0 amide bonds. The number of para-hydroxylation sites is 4. The fraction of sp³-hybridized carbons (Fsp3) is 0.0435. The summed E-state index contributed by atoms with van der Waals surface area (Å²) in [5.74, 6) is 0. The van der Waals surface area contributed by atoms with Gasteiger partial charge in [0, 0.05) is 18.3 Å². The quantitative estimate of drug-likeness (QED) is 0.459. The number of aromatic nitrogens is 4. The number of hydrogen-bond donors (Lipinski definition) is 2. The van der Waals surface area contributed by atoms with Crippen molar-refractivity contribution in [3.8, 4) is 16.9 Å². The van der Waals surface area contributed by atoms with E-state index in [9.17, 15) is 0 Å². The van der Waals surface area contributed by atoms with Gasteiger partial charge in [0.1, 0.15) is 6.33 Å². The fourth-order valence-electron chi connectivity index (χ4n) is 3.51. The van der Waals surface area contributed by atoms with E-state index in [1.165, 1.54) is 5.56 Å². The average molecular weight is 365 g/mol. The normalized spacial score (nSPS) is 11.0. The van der Waals surface area contributed by atoms with Gasteiger partial charge < -0.3 is 10.3 Å². The molecule has 0 aliphatic heterocycles. The van der Waals surface area contributed by atoms with Crippen LogP contribution in [0.1, 0.15) is 5.56 Å². The first-order chi connectivity index (χ1) is 13.9. The SMILES string of the molecule is c1ccc(-c2c[nH]cn2)c(CNc2ccccc2-n2cnc3ccccc32)c1. The highest BCUT2D eigenvalue weighted by atomic mass is 15.1. The van der Waals surface area contributed by atoms with Crippen LogP contribution in [0, 0.1) is 0 Å². The van der Waals surface area contributed by atoms with Crippen molar-refractivity contribution in [1.82, 2.24) is 19.5 Å². The minimum Gasteiger partial charge on any atom is -0.379 e. The first kappa shape index (κ1) is 16.3. The van der Waals surface area contributed by atoms with Crippen LogP contribution in [-0.2, 0) is 6.54 Å². The molecule has 136 valence electrons. The highest BCUT2D eigenvalue weighted by Gasteiger charge is 2.10. The van der Waals surface area contributed by atoms with Crippen LogP contribution in [0.25, 0.3) is 28.0 Å². The Morgan fingerprint density at radius 2 is 1.68 bits per heavy atom. The molecule has 0 saturated carbocycles. The van der Waals surface area contributed by atoms with Gasteiger partial charge in [-0.15, -0.1) is 0 Å². The molecular formula is C23H19N5. The van der Waals surface area contributed by atoms with Gasteiger partial charge in [0.15, 0.2) is 0 Å². The molecular weight excluding hydrogens is 346 g/mol. The van der Waals surface area contributed by atoms with Crippen LogP contribution in [0.5, 0.6) is 0 Å². The molecule has 0 aliphatic carbocycles. The van der Waals surface area contributed by atoms with E-state index in [1.54, 1.807) is 6.33 Å². The number of benzene rings is 3. The molecule has 28 heavy (non-hydrogen) atoms. The minimum atomic E-state index is 0.701. The average Bonchev–Trinajstić information content (AvgIpc) is 3.43. The summed E-state index contributed by atoms with van der Waals surface area (Å²) in [6.45, 7) is 0.701. The second-order valence-electron chi connectivity index (χ2n) is 6.59. The first-order valence-electron chi connectivity index (χ1n) is 9.22. The number of fused-ring (bicyclic) bond motifs is 1. The van der Waals surface area contributed by atoms with Crippen LogP contribution < -0.4 is 5.32 Å². The van der Waals surface area contributed by atoms with Crippen LogP contribution in [0.2, 0.25) is 0 Å². The summed E-state index contributed by atoms with van der Waals surface area (Å²) in [6, 6.07) is 24.8. The van der Waals surface area contributed by atoms with Gasteiger partial charge in [-0.2, -0.15) is 0 Å². The highest BCUT2D eigenvalue weighted by molar-refractivity contribution is 5.79. The van der Waals surface area contributed by atoms with Crippen LogP contribution in [-0.4, -0.2) is 19.5 Å². The monoisotopic (exact) mass is 365 g/mol. The lowest BCUT2D eigenvalue weighted by Crippen LogP contribution is -2.05. The number of H-pyrrole nitrogens is 1. The molecule has 5 rings (SSSR count). The number of imidazole rings is 2. The Morgan fingerprint density at radius 3 is 2.61 bits per heavy atom. The van der Waals surface area contributed by atoms with E-state index in [2.05, 4.69) is 61.2 Å². The zero-order valence-electron chi connectivity index (χ0n) is 15.2. The van der Waals surface area contributed by atoms with Crippen molar-refractivity contribution in [2.45, 2.75) is 6.54 Å². The summed E-state index contributed by atoms with van der Waals surface area (Å²) in [7, 11) is 0. The highest BCUT2D eigenvalue weighted by Crippen LogP contribution is 2.27. The summed E-state index contributed by atoms with van der Waals surface area (Å²) < 4.78 is 2.12. The standard InChI is InChI=1S/C23H19N5/c1-2-8-18(21-14-24-15-26-21)17(7-1)13-25-19-9-3-5-11-22(19)28-16-27-20-10-4-6-12-23(20)28/h1-12,14-16,25H,13H2,(H,24,26). The molecule has 0 saturated heterocycles. The Hall–Kier alpha value is -3.86. The van der Waals surface area contributed by atoms with Gasteiger partial charge in [-0.1, -0.05) is 48.5 Å². The molecule has 2 N–H and O–H groups in total. The lowest BCUT2D eigenvalue weighted by Gasteiger charge is -2.15. The molecule has 0 spiro atoms. The molecule has 0 fully saturated rings. The van der Waals surface area contributed by atoms with Gasteiger partial charge in [-0.25, -0.2) is 9.97 Å². The first-order valence-corrected chi connectivity index (χ1v) is 9.22. The van der Waals surface area contributed by atoms with Gasteiger partial charge in [0.25, 0.3) is 0 Å². The summed E-state index contributed by atoms with van der Waals surface area (Å²) in [5, 5.41) is 3.60. The molecule has 2 aromatic heterocycles. The van der Waals surface area contributed by atoms with E-state index in [-0.39, 0.29) is 0 Å². The second kappa shape index (κ2) is 7.04. The van der Waals surface area contributed by atoms with Crippen molar-refractivity contribution in [2.75, 3.05) is 5.32 Å². The predicted octanol–water partition coefficient (Wildman–Crippen LogP) is 5.03. The van der Waals surface area contributed by atoms with Crippen molar-refractivity contribution in [3.63, 3.8) is 0 Å². The van der Waals surface area contributed by atoms with E-state index in [1.807, 2.05) is 48.9 Å². The van der Waals surface area contributed by atoms with Gasteiger partial charge in [-0.3, -0.25) is 4.57 Å². The third kappa shape index (κ3) is 2.93. The lowest BCUT2D eigenvalue weighted by molar-refractivity contribution is 1.07. The maximum absolute atomic E-state index is 4.53. The molecule has 5 nitrogen and oxygen atoms in total. The Kier molecular flexibility index (Phi) is 4.10. The molecule has 0 bridgehead atoms. The number of rotatable bonds is 5. The van der Waals surface area contributed by atoms with E-state index >= 15 is 0 Å². The number of anilines is 1. The molecule has 0 radical (unpaired) electrons. The molecule has 5 aromatic rings. The largest absolute Gasteiger partial charge is 0.379 e. The molecule has 2 heterocycles. The Morgan fingerprint density at radius 1 is 0.857 bits per heavy atom. The zero-order chi connectivity index (χ0) is 18.8. The van der Waals surface area contributed by atoms with E-state index in [0.29, 0.717) is 6.54 Å². The summed E-state index contributed by atoms with van der Waals surface area (Å²) in [4.78, 5) is 12.0. The number of nitrogens with zero attached hydrogens (tertiary/aromatic N) is 3. The van der Waals surface area contributed by atoms with E-state index < -0.39 is 0 Å². The van der Waals surface area contributed by atoms with Gasteiger partial charge in [-0.05, 0) is 29.8 Å². The fourth-order valence-corrected chi connectivity index (χ4v) is 3.51. The summed E-state index contributed by atoms with van der Waals surface area (Å²) in [5.41, 5.74) is 7.48. The van der Waals surface area contributed by atoms with Crippen molar-refractivity contribution in [3.05, 3.63) is 97.2 Å². The third-order valence-electron chi connectivity index (χ3n) is 4.88. The Balaban J connectivity index is 1.49. The molecule has 0 atom stereocenters. The number of aromatic amines is 1. The maximum Gasteiger partial charge on any atom is 0.100 e. The molecule has 3 aromatic carbocycles. The van der Waals surface area contributed by atoms with Gasteiger partial charge in [0.05, 0.1) is 34.4 Å².